The number of aryl methyl sites for hydroxylation is 1. The highest BCUT2D eigenvalue weighted by atomic mass is 32.1. The van der Waals surface area contributed by atoms with Gasteiger partial charge in [-0.05, 0) is 18.1 Å². The minimum atomic E-state index is -3.10. The minimum Gasteiger partial charge on any atom is -0.669 e. The van der Waals surface area contributed by atoms with Gasteiger partial charge in [0.15, 0.2) is 0 Å². The number of carboxylic acids is 1. The molecule has 0 bridgehead atoms. The number of aromatic carboxylic acids is 1. The second-order valence-corrected chi connectivity index (χ2v) is 7.75. The Morgan fingerprint density at radius 3 is 2.75 bits per heavy atom. The number of nitrogens with two attached hydrogens (primary N) is 1. The van der Waals surface area contributed by atoms with Crippen LogP contribution in [-0.4, -0.2) is 57.9 Å². The summed E-state index contributed by atoms with van der Waals surface area (Å²) in [6, 6.07) is 3.17. The number of rotatable bonds is 4. The number of hydrogen-bond donors (Lipinski definition) is 4. The third-order valence-electron chi connectivity index (χ3n) is 4.73. The van der Waals surface area contributed by atoms with E-state index < -0.39 is 18.8 Å². The van der Waals surface area contributed by atoms with E-state index in [1.807, 2.05) is 0 Å². The van der Waals surface area contributed by atoms with Crippen LogP contribution in [0.1, 0.15) is 26.4 Å². The summed E-state index contributed by atoms with van der Waals surface area (Å²) in [5.74, 6) is -1.54. The number of thiazole rings is 1. The summed E-state index contributed by atoms with van der Waals surface area (Å²) in [7, 11) is 0. The summed E-state index contributed by atoms with van der Waals surface area (Å²) >= 11 is 1.23. The molecule has 12 heteroatoms. The molecule has 6 N–H and O–H groups in total. The maximum Gasteiger partial charge on any atom is 0.430 e. The van der Waals surface area contributed by atoms with Gasteiger partial charge >= 0.3 is 17.9 Å². The summed E-state index contributed by atoms with van der Waals surface area (Å²) in [4.78, 5) is 28.4. The van der Waals surface area contributed by atoms with E-state index in [-0.39, 0.29) is 48.8 Å². The van der Waals surface area contributed by atoms with Gasteiger partial charge in [-0.3, -0.25) is 10.5 Å². The van der Waals surface area contributed by atoms with Crippen molar-refractivity contribution in [3.05, 3.63) is 34.3 Å². The fourth-order valence-corrected chi connectivity index (χ4v) is 3.85. The first-order chi connectivity index (χ1) is 13.2. The number of ether oxygens (including phenoxy) is 1. The highest BCUT2D eigenvalue weighted by molar-refractivity contribution is 7.13. The lowest BCUT2D eigenvalue weighted by atomic mass is 9.70. The topological polar surface area (TPSA) is 157 Å². The number of aromatic nitrogens is 1. The quantitative estimate of drug-likeness (QED) is 0.499. The van der Waals surface area contributed by atoms with E-state index in [1.54, 1.807) is 16.3 Å². The van der Waals surface area contributed by atoms with Crippen molar-refractivity contribution < 1.29 is 39.1 Å². The molecule has 148 valence electrons. The first kappa shape index (κ1) is 18.5. The molecule has 10 nitrogen and oxygen atoms in total. The van der Waals surface area contributed by atoms with E-state index in [0.717, 1.165) is 0 Å². The Morgan fingerprint density at radius 1 is 1.36 bits per heavy atom. The SMILES string of the molecule is Nc1[nH+]c(C(=O)N2CC(Oc3ccc4c(c3C(=O)O)O[B-](O)(O)CC4)C2)cs1. The third kappa shape index (κ3) is 3.37. The maximum atomic E-state index is 12.3. The molecule has 1 amide bonds. The van der Waals surface area contributed by atoms with Crippen molar-refractivity contribution in [2.24, 2.45) is 0 Å². The summed E-state index contributed by atoms with van der Waals surface area (Å²) < 4.78 is 10.9. The highest BCUT2D eigenvalue weighted by Crippen LogP contribution is 2.39. The van der Waals surface area contributed by atoms with Crippen LogP contribution in [0.4, 0.5) is 5.13 Å². The molecular formula is C16H18BN3O7S. The number of nitrogens with zero attached hydrogens (tertiary/aromatic N) is 1. The molecule has 1 fully saturated rings. The van der Waals surface area contributed by atoms with E-state index in [9.17, 15) is 24.7 Å². The van der Waals surface area contributed by atoms with Crippen LogP contribution in [-0.2, 0) is 6.42 Å². The molecule has 0 atom stereocenters. The van der Waals surface area contributed by atoms with Gasteiger partial charge < -0.3 is 29.4 Å². The van der Waals surface area contributed by atoms with Gasteiger partial charge in [0.05, 0.1) is 24.2 Å². The van der Waals surface area contributed by atoms with Crippen molar-refractivity contribution in [1.29, 1.82) is 0 Å². The molecule has 0 radical (unpaired) electrons. The summed E-state index contributed by atoms with van der Waals surface area (Å²) in [6.45, 7) is -2.53. The summed E-state index contributed by atoms with van der Waals surface area (Å²) in [5.41, 5.74) is 6.30. The Morgan fingerprint density at radius 2 is 2.11 bits per heavy atom. The number of carbonyl (C=O) groups excluding carboxylic acids is 1. The predicted octanol–water partition coefficient (Wildman–Crippen LogP) is -0.396. The Balaban J connectivity index is 1.49. The number of amides is 1. The van der Waals surface area contributed by atoms with Gasteiger partial charge in [-0.1, -0.05) is 23.7 Å². The zero-order valence-corrected chi connectivity index (χ0v) is 15.4. The largest absolute Gasteiger partial charge is 0.669 e. The number of fused-ring (bicyclic) bond motifs is 1. The fraction of sp³-hybridized carbons (Fsp3) is 0.312. The molecular weight excluding hydrogens is 389 g/mol. The zero-order chi connectivity index (χ0) is 20.1. The summed E-state index contributed by atoms with van der Waals surface area (Å²) in [5, 5.41) is 31.2. The van der Waals surface area contributed by atoms with Crippen molar-refractivity contribution in [2.75, 3.05) is 18.8 Å². The smallest absolute Gasteiger partial charge is 0.430 e. The second kappa shape index (κ2) is 6.65. The highest BCUT2D eigenvalue weighted by Gasteiger charge is 2.37. The number of H-pyrrole nitrogens is 1. The molecule has 0 saturated carbocycles. The van der Waals surface area contributed by atoms with Gasteiger partial charge in [-0.15, -0.1) is 0 Å². The molecule has 2 aliphatic heterocycles. The van der Waals surface area contributed by atoms with Crippen LogP contribution in [0, 0.1) is 0 Å². The van der Waals surface area contributed by atoms with Crippen LogP contribution in [0.15, 0.2) is 17.5 Å². The van der Waals surface area contributed by atoms with E-state index in [2.05, 4.69) is 4.98 Å². The van der Waals surface area contributed by atoms with Crippen LogP contribution in [0.2, 0.25) is 6.32 Å². The van der Waals surface area contributed by atoms with Crippen molar-refractivity contribution in [2.45, 2.75) is 18.8 Å². The van der Waals surface area contributed by atoms with Crippen molar-refractivity contribution >= 4 is 35.1 Å². The minimum absolute atomic E-state index is 0.00389. The molecule has 3 heterocycles. The van der Waals surface area contributed by atoms with E-state index >= 15 is 0 Å². The van der Waals surface area contributed by atoms with Gasteiger partial charge in [-0.2, -0.15) is 0 Å². The molecule has 1 aromatic carbocycles. The zero-order valence-electron chi connectivity index (χ0n) is 14.6. The molecule has 1 saturated heterocycles. The summed E-state index contributed by atoms with van der Waals surface area (Å²) in [6.07, 6.45) is -0.108. The van der Waals surface area contributed by atoms with Crippen LogP contribution in [0.25, 0.3) is 0 Å². The Hall–Kier alpha value is -2.83. The number of aromatic amines is 1. The second-order valence-electron chi connectivity index (χ2n) is 6.84. The van der Waals surface area contributed by atoms with Gasteiger partial charge in [0, 0.05) is 0 Å². The Bertz CT molecular complexity index is 958. The van der Waals surface area contributed by atoms with Gasteiger partial charge in [-0.25, -0.2) is 9.78 Å². The van der Waals surface area contributed by atoms with Crippen molar-refractivity contribution in [3.8, 4) is 11.5 Å². The Labute approximate surface area is 163 Å². The lowest BCUT2D eigenvalue weighted by Gasteiger charge is -2.40. The number of nitrogen functional groups attached to an aromatic ring is 1. The van der Waals surface area contributed by atoms with Crippen LogP contribution >= 0.6 is 11.3 Å². The van der Waals surface area contributed by atoms with E-state index in [0.29, 0.717) is 16.4 Å². The molecule has 0 aliphatic carbocycles. The average Bonchev–Trinajstić information content (AvgIpc) is 3.02. The molecule has 4 rings (SSSR count). The normalized spacial score (nSPS) is 18.0. The molecule has 0 spiro atoms. The first-order valence-corrected chi connectivity index (χ1v) is 9.52. The molecule has 2 aliphatic rings. The van der Waals surface area contributed by atoms with Crippen LogP contribution < -0.4 is 20.1 Å². The predicted molar refractivity (Wildman–Crippen MR) is 98.3 cm³/mol. The average molecular weight is 407 g/mol. The fourth-order valence-electron chi connectivity index (χ4n) is 3.28. The monoisotopic (exact) mass is 407 g/mol. The van der Waals surface area contributed by atoms with E-state index in [4.69, 9.17) is 15.1 Å². The third-order valence-corrected chi connectivity index (χ3v) is 5.44. The standard InChI is InChI=1S/C16H17BN3O7S/c18-16-19-10(7-28-16)14(21)20-5-9(6-20)26-11-2-1-8-3-4-17(24,25)27-13(8)12(11)15(22)23/h1-2,7,9,24-25H,3-6H2,(H2,18,19)(H,22,23)/q-1/p+1. The number of anilines is 1. The number of carbonyl (C=O) groups is 2. The number of carboxylic acid groups (broad SMARTS) is 1. The lowest BCUT2D eigenvalue weighted by Crippen LogP contribution is -2.56. The number of benzene rings is 1. The number of hydrogen-bond acceptors (Lipinski definition) is 8. The lowest BCUT2D eigenvalue weighted by molar-refractivity contribution is -0.359. The number of nitrogens with one attached hydrogen (secondary N) is 1. The Kier molecular flexibility index (Phi) is 4.40. The maximum absolute atomic E-state index is 12.3. The van der Waals surface area contributed by atoms with E-state index in [1.165, 1.54) is 17.4 Å². The first-order valence-electron chi connectivity index (χ1n) is 8.64. The number of likely N-dealkylation sites (tertiary alicyclic amines) is 1. The molecule has 1 aromatic heterocycles. The van der Waals surface area contributed by atoms with Gasteiger partial charge in [0.2, 0.25) is 5.69 Å². The molecule has 0 unspecified atom stereocenters. The van der Waals surface area contributed by atoms with Gasteiger partial charge in [0.1, 0.15) is 17.4 Å². The van der Waals surface area contributed by atoms with Crippen LogP contribution in [0.5, 0.6) is 11.5 Å². The molecule has 2 aromatic rings. The van der Waals surface area contributed by atoms with Gasteiger partial charge in [0.25, 0.3) is 5.91 Å². The van der Waals surface area contributed by atoms with Crippen molar-refractivity contribution in [3.63, 3.8) is 0 Å². The van der Waals surface area contributed by atoms with Crippen molar-refractivity contribution in [1.82, 2.24) is 4.90 Å². The molecule has 28 heavy (non-hydrogen) atoms. The van der Waals surface area contributed by atoms with Crippen LogP contribution in [0.3, 0.4) is 0 Å².